The van der Waals surface area contributed by atoms with Gasteiger partial charge in [0.05, 0.1) is 16.3 Å². The van der Waals surface area contributed by atoms with Crippen molar-refractivity contribution in [2.45, 2.75) is 6.92 Å². The molecule has 2 heterocycles. The van der Waals surface area contributed by atoms with Gasteiger partial charge >= 0.3 is 0 Å². The molecule has 0 unspecified atom stereocenters. The molecule has 0 bridgehead atoms. The average molecular weight is 349 g/mol. The first kappa shape index (κ1) is 15.4. The highest BCUT2D eigenvalue weighted by Crippen LogP contribution is 2.38. The van der Waals surface area contributed by atoms with Crippen molar-refractivity contribution in [2.24, 2.45) is 4.99 Å². The predicted molar refractivity (Wildman–Crippen MR) is 102 cm³/mol. The zero-order valence-corrected chi connectivity index (χ0v) is 14.2. The Morgan fingerprint density at radius 2 is 1.96 bits per heavy atom. The Morgan fingerprint density at radius 3 is 2.84 bits per heavy atom. The summed E-state index contributed by atoms with van der Waals surface area (Å²) in [4.78, 5) is 9.13. The van der Waals surface area contributed by atoms with Crippen LogP contribution in [0.3, 0.4) is 0 Å². The van der Waals surface area contributed by atoms with Crippen LogP contribution in [-0.4, -0.2) is 21.4 Å². The first-order chi connectivity index (χ1) is 12.1. The van der Waals surface area contributed by atoms with Crippen molar-refractivity contribution in [3.05, 3.63) is 58.5 Å². The van der Waals surface area contributed by atoms with E-state index in [0.29, 0.717) is 15.7 Å². The molecule has 4 rings (SSSR count). The number of para-hydroxylation sites is 1. The molecule has 0 fully saturated rings. The van der Waals surface area contributed by atoms with Gasteiger partial charge in [-0.15, -0.1) is 0 Å². The Balaban J connectivity index is 1.65. The van der Waals surface area contributed by atoms with Crippen molar-refractivity contribution in [1.29, 1.82) is 0 Å². The number of hydrogen-bond donors (Lipinski definition) is 3. The molecule has 0 spiro atoms. The topological polar surface area (TPSA) is 77.7 Å². The van der Waals surface area contributed by atoms with E-state index in [2.05, 4.69) is 15.3 Å². The molecule has 1 aliphatic heterocycles. The fourth-order valence-electron chi connectivity index (χ4n) is 2.63. The van der Waals surface area contributed by atoms with Gasteiger partial charge in [-0.05, 0) is 36.8 Å². The minimum Gasteiger partial charge on any atom is -0.506 e. The van der Waals surface area contributed by atoms with Crippen molar-refractivity contribution in [1.82, 2.24) is 4.98 Å². The van der Waals surface area contributed by atoms with E-state index in [1.54, 1.807) is 12.3 Å². The van der Waals surface area contributed by atoms with Gasteiger partial charge < -0.3 is 15.5 Å². The standard InChI is InChI=1S/C19H15N3O2S/c1-11-6-7-16(23)15(8-11)21-19-22-18(24)17(25-19)9-12-10-20-14-5-3-2-4-13(12)14/h2-10,23-24H,1H3,(H,21,22)/b12-9-. The number of aryl methyl sites for hydroxylation is 1. The molecule has 3 aromatic rings. The van der Waals surface area contributed by atoms with Crippen LogP contribution in [0.2, 0.25) is 0 Å². The monoisotopic (exact) mass is 349 g/mol. The van der Waals surface area contributed by atoms with Crippen LogP contribution >= 0.6 is 11.3 Å². The second-order valence-corrected chi connectivity index (χ2v) is 6.76. The third-order valence-corrected chi connectivity index (χ3v) is 4.78. The van der Waals surface area contributed by atoms with Gasteiger partial charge in [-0.2, -0.15) is 4.98 Å². The molecule has 1 aliphatic rings. The molecule has 5 nitrogen and oxygen atoms in total. The summed E-state index contributed by atoms with van der Waals surface area (Å²) in [5, 5.41) is 23.6. The number of aromatic hydroxyl groups is 2. The third-order valence-electron chi connectivity index (χ3n) is 3.87. The third kappa shape index (κ3) is 2.99. The van der Waals surface area contributed by atoms with E-state index in [4.69, 9.17) is 0 Å². The van der Waals surface area contributed by atoms with Crippen molar-refractivity contribution < 1.29 is 10.2 Å². The van der Waals surface area contributed by atoms with Crippen LogP contribution in [0.1, 0.15) is 16.0 Å². The number of fused-ring (bicyclic) bond motifs is 1. The first-order valence-corrected chi connectivity index (χ1v) is 8.53. The number of phenolic OH excluding ortho intramolecular Hbond substituents is 1. The van der Waals surface area contributed by atoms with E-state index in [1.165, 1.54) is 11.3 Å². The molecule has 0 saturated heterocycles. The number of phenols is 1. The highest BCUT2D eigenvalue weighted by molar-refractivity contribution is 7.16. The fourth-order valence-corrected chi connectivity index (χ4v) is 3.46. The second-order valence-electron chi connectivity index (χ2n) is 5.73. The van der Waals surface area contributed by atoms with Crippen LogP contribution in [0, 0.1) is 6.92 Å². The molecule has 0 atom stereocenters. The van der Waals surface area contributed by atoms with Crippen molar-refractivity contribution in [2.75, 3.05) is 5.32 Å². The Morgan fingerprint density at radius 1 is 1.12 bits per heavy atom. The summed E-state index contributed by atoms with van der Waals surface area (Å²) in [5.41, 5.74) is 4.45. The molecule has 6 heteroatoms. The minimum absolute atomic E-state index is 0.0510. The van der Waals surface area contributed by atoms with Gasteiger partial charge in [0.15, 0.2) is 5.13 Å². The summed E-state index contributed by atoms with van der Waals surface area (Å²) in [6.07, 6.45) is 3.65. The van der Waals surface area contributed by atoms with Crippen LogP contribution in [0.15, 0.2) is 47.5 Å². The van der Waals surface area contributed by atoms with Crippen LogP contribution in [-0.2, 0) is 0 Å². The van der Waals surface area contributed by atoms with Gasteiger partial charge in [-0.3, -0.25) is 4.99 Å². The molecule has 0 saturated carbocycles. The molecular weight excluding hydrogens is 334 g/mol. The first-order valence-electron chi connectivity index (χ1n) is 7.72. The van der Waals surface area contributed by atoms with Gasteiger partial charge in [0.1, 0.15) is 5.75 Å². The molecule has 1 aromatic heterocycles. The SMILES string of the molecule is Cc1ccc(O)c(Nc2nc(O)c(/C=C3/C=Nc4ccccc43)s2)c1. The van der Waals surface area contributed by atoms with E-state index in [9.17, 15) is 10.2 Å². The number of nitrogens with zero attached hydrogens (tertiary/aromatic N) is 2. The Bertz CT molecular complexity index is 1020. The smallest absolute Gasteiger partial charge is 0.231 e. The summed E-state index contributed by atoms with van der Waals surface area (Å²) < 4.78 is 0. The van der Waals surface area contributed by atoms with E-state index >= 15 is 0 Å². The zero-order chi connectivity index (χ0) is 17.4. The molecular formula is C19H15N3O2S. The highest BCUT2D eigenvalue weighted by atomic mass is 32.1. The Hall–Kier alpha value is -3.12. The van der Waals surface area contributed by atoms with E-state index < -0.39 is 0 Å². The summed E-state index contributed by atoms with van der Waals surface area (Å²) in [6.45, 7) is 1.94. The van der Waals surface area contributed by atoms with Gasteiger partial charge in [-0.1, -0.05) is 35.6 Å². The number of rotatable bonds is 3. The number of nitrogens with one attached hydrogen (secondary N) is 1. The van der Waals surface area contributed by atoms with Gasteiger partial charge in [0.2, 0.25) is 5.88 Å². The number of benzene rings is 2. The van der Waals surface area contributed by atoms with Crippen LogP contribution in [0.5, 0.6) is 11.6 Å². The lowest BCUT2D eigenvalue weighted by Gasteiger charge is -2.05. The Labute approximate surface area is 148 Å². The fraction of sp³-hybridized carbons (Fsp3) is 0.0526. The predicted octanol–water partition coefficient (Wildman–Crippen LogP) is 4.86. The van der Waals surface area contributed by atoms with Crippen LogP contribution in [0.25, 0.3) is 11.6 Å². The molecule has 0 radical (unpaired) electrons. The molecule has 25 heavy (non-hydrogen) atoms. The lowest BCUT2D eigenvalue weighted by atomic mass is 10.1. The average Bonchev–Trinajstić information content (AvgIpc) is 3.16. The maximum absolute atomic E-state index is 10.1. The molecule has 3 N–H and O–H groups in total. The number of allylic oxidation sites excluding steroid dienone is 1. The number of aliphatic imine (C=N–C) groups is 1. The van der Waals surface area contributed by atoms with Crippen molar-refractivity contribution in [3.63, 3.8) is 0 Å². The zero-order valence-electron chi connectivity index (χ0n) is 13.4. The summed E-state index contributed by atoms with van der Waals surface area (Å²) in [6, 6.07) is 13.1. The summed E-state index contributed by atoms with van der Waals surface area (Å²) >= 11 is 1.31. The quantitative estimate of drug-likeness (QED) is 0.590. The van der Waals surface area contributed by atoms with Gasteiger partial charge in [-0.25, -0.2) is 0 Å². The summed E-state index contributed by atoms with van der Waals surface area (Å²) in [5.74, 6) is 0.0852. The number of aromatic nitrogens is 1. The number of thiazole rings is 1. The van der Waals surface area contributed by atoms with E-state index in [1.807, 2.05) is 49.4 Å². The van der Waals surface area contributed by atoms with Crippen LogP contribution in [0.4, 0.5) is 16.5 Å². The van der Waals surface area contributed by atoms with Crippen LogP contribution < -0.4 is 5.32 Å². The molecule has 124 valence electrons. The summed E-state index contributed by atoms with van der Waals surface area (Å²) in [7, 11) is 0. The largest absolute Gasteiger partial charge is 0.506 e. The molecule has 2 aromatic carbocycles. The highest BCUT2D eigenvalue weighted by Gasteiger charge is 2.15. The lowest BCUT2D eigenvalue weighted by Crippen LogP contribution is -1.90. The van der Waals surface area contributed by atoms with E-state index in [0.717, 1.165) is 22.4 Å². The van der Waals surface area contributed by atoms with Crippen molar-refractivity contribution >= 4 is 45.7 Å². The minimum atomic E-state index is -0.0510. The number of anilines is 2. The van der Waals surface area contributed by atoms with Gasteiger partial charge in [0, 0.05) is 17.4 Å². The van der Waals surface area contributed by atoms with Gasteiger partial charge in [0.25, 0.3) is 0 Å². The molecule has 0 aliphatic carbocycles. The normalized spacial score (nSPS) is 14.0. The maximum atomic E-state index is 10.1. The maximum Gasteiger partial charge on any atom is 0.231 e. The molecule has 0 amide bonds. The Kier molecular flexibility index (Phi) is 3.74. The second kappa shape index (κ2) is 6.07. The van der Waals surface area contributed by atoms with E-state index in [-0.39, 0.29) is 11.6 Å². The lowest BCUT2D eigenvalue weighted by molar-refractivity contribution is 0.456. The van der Waals surface area contributed by atoms with Crippen molar-refractivity contribution in [3.8, 4) is 11.6 Å². The number of hydrogen-bond acceptors (Lipinski definition) is 6.